The van der Waals surface area contributed by atoms with Gasteiger partial charge in [-0.05, 0) is 24.6 Å². The molecular formula is C16H15NO5. The van der Waals surface area contributed by atoms with Gasteiger partial charge in [0.05, 0.1) is 0 Å². The molecule has 0 aliphatic carbocycles. The molecule has 0 unspecified atom stereocenters. The Labute approximate surface area is 127 Å². The van der Waals surface area contributed by atoms with Crippen LogP contribution in [0.15, 0.2) is 54.6 Å². The Hall–Kier alpha value is -3.02. The Kier molecular flexibility index (Phi) is 5.37. The van der Waals surface area contributed by atoms with Crippen molar-refractivity contribution in [3.05, 3.63) is 65.7 Å². The number of hydrogen-bond donors (Lipinski definition) is 1. The van der Waals surface area contributed by atoms with E-state index in [-0.39, 0.29) is 6.61 Å². The number of amides is 1. The Bertz CT molecular complexity index is 625. The quantitative estimate of drug-likeness (QED) is 0.534. The molecule has 2 rings (SSSR count). The van der Waals surface area contributed by atoms with Crippen LogP contribution in [0.2, 0.25) is 0 Å². The fraction of sp³-hybridized carbons (Fsp3) is 0.125. The molecule has 0 aliphatic rings. The van der Waals surface area contributed by atoms with Gasteiger partial charge in [-0.25, -0.2) is 9.59 Å². The van der Waals surface area contributed by atoms with Gasteiger partial charge in [0.1, 0.15) is 12.4 Å². The van der Waals surface area contributed by atoms with Crippen LogP contribution in [0.3, 0.4) is 0 Å². The van der Waals surface area contributed by atoms with Crippen molar-refractivity contribution >= 4 is 12.2 Å². The van der Waals surface area contributed by atoms with Crippen molar-refractivity contribution in [3.63, 3.8) is 0 Å². The van der Waals surface area contributed by atoms with Gasteiger partial charge < -0.3 is 14.3 Å². The highest BCUT2D eigenvalue weighted by Crippen LogP contribution is 2.11. The summed E-state index contributed by atoms with van der Waals surface area (Å²) in [5.74, 6) is 0.315. The minimum atomic E-state index is -1.06. The lowest BCUT2D eigenvalue weighted by molar-refractivity contribution is 0.0363. The third-order valence-corrected chi connectivity index (χ3v) is 2.65. The van der Waals surface area contributed by atoms with Crippen LogP contribution in [0.25, 0.3) is 0 Å². The van der Waals surface area contributed by atoms with Crippen LogP contribution in [0.1, 0.15) is 11.1 Å². The van der Waals surface area contributed by atoms with E-state index in [1.807, 2.05) is 30.6 Å². The van der Waals surface area contributed by atoms with Gasteiger partial charge >= 0.3 is 12.2 Å². The number of ether oxygens (including phenoxy) is 2. The molecule has 22 heavy (non-hydrogen) atoms. The minimum Gasteiger partial charge on any atom is -0.443 e. The average molecular weight is 301 g/mol. The molecule has 0 radical (unpaired) electrons. The summed E-state index contributed by atoms with van der Waals surface area (Å²) in [5.41, 5.74) is 3.70. The second kappa shape index (κ2) is 7.68. The maximum atomic E-state index is 11.4. The predicted octanol–water partition coefficient (Wildman–Crippen LogP) is 3.35. The van der Waals surface area contributed by atoms with Crippen molar-refractivity contribution in [1.29, 1.82) is 0 Å². The molecule has 0 spiro atoms. The molecule has 0 bridgehead atoms. The Morgan fingerprint density at radius 3 is 2.36 bits per heavy atom. The number of carbonyl (C=O) groups excluding carboxylic acids is 2. The standard InChI is InChI=1S/C16H15NO5/c1-12-7-9-14(10-8-12)21-16(19)22-17-15(18)20-11-13-5-3-2-4-6-13/h2-10H,11H2,1H3,(H,17,18). The fourth-order valence-corrected chi connectivity index (χ4v) is 1.56. The first-order valence-corrected chi connectivity index (χ1v) is 6.55. The molecule has 0 aliphatic heterocycles. The molecule has 1 amide bonds. The van der Waals surface area contributed by atoms with Crippen LogP contribution in [0.5, 0.6) is 5.75 Å². The zero-order valence-corrected chi connectivity index (χ0v) is 11.9. The van der Waals surface area contributed by atoms with E-state index >= 15 is 0 Å². The van der Waals surface area contributed by atoms with Crippen molar-refractivity contribution in [2.24, 2.45) is 0 Å². The lowest BCUT2D eigenvalue weighted by Gasteiger charge is -2.07. The summed E-state index contributed by atoms with van der Waals surface area (Å²) in [4.78, 5) is 27.2. The van der Waals surface area contributed by atoms with E-state index in [0.29, 0.717) is 5.75 Å². The van der Waals surface area contributed by atoms with E-state index in [2.05, 4.69) is 4.84 Å². The summed E-state index contributed by atoms with van der Waals surface area (Å²) in [5, 5.41) is 0. The second-order valence-corrected chi connectivity index (χ2v) is 4.43. The zero-order chi connectivity index (χ0) is 15.8. The van der Waals surface area contributed by atoms with Crippen molar-refractivity contribution in [2.75, 3.05) is 0 Å². The SMILES string of the molecule is Cc1ccc(OC(=O)ONC(=O)OCc2ccccc2)cc1. The molecule has 0 fully saturated rings. The highest BCUT2D eigenvalue weighted by atomic mass is 16.8. The first-order chi connectivity index (χ1) is 10.6. The average Bonchev–Trinajstić information content (AvgIpc) is 2.54. The van der Waals surface area contributed by atoms with Gasteiger partial charge in [-0.3, -0.25) is 0 Å². The third kappa shape index (κ3) is 5.16. The van der Waals surface area contributed by atoms with Gasteiger partial charge in [-0.15, -0.1) is 5.48 Å². The highest BCUT2D eigenvalue weighted by molar-refractivity contribution is 5.70. The van der Waals surface area contributed by atoms with Gasteiger partial charge in [0.2, 0.25) is 0 Å². The lowest BCUT2D eigenvalue weighted by Crippen LogP contribution is -2.29. The first-order valence-electron chi connectivity index (χ1n) is 6.55. The summed E-state index contributed by atoms with van der Waals surface area (Å²) in [6.45, 7) is 1.98. The van der Waals surface area contributed by atoms with Crippen LogP contribution in [0, 0.1) is 6.92 Å². The van der Waals surface area contributed by atoms with E-state index in [0.717, 1.165) is 11.1 Å². The van der Waals surface area contributed by atoms with E-state index in [1.54, 1.807) is 36.4 Å². The number of hydrogen-bond acceptors (Lipinski definition) is 5. The minimum absolute atomic E-state index is 0.0725. The molecule has 0 atom stereocenters. The van der Waals surface area contributed by atoms with Crippen molar-refractivity contribution in [2.45, 2.75) is 13.5 Å². The Morgan fingerprint density at radius 2 is 1.68 bits per heavy atom. The van der Waals surface area contributed by atoms with Crippen molar-refractivity contribution in [1.82, 2.24) is 5.48 Å². The molecular weight excluding hydrogens is 286 g/mol. The van der Waals surface area contributed by atoms with E-state index in [1.165, 1.54) is 0 Å². The molecule has 2 aromatic carbocycles. The van der Waals surface area contributed by atoms with Crippen LogP contribution in [-0.2, 0) is 16.2 Å². The first kappa shape index (κ1) is 15.4. The van der Waals surface area contributed by atoms with Gasteiger partial charge in [0.25, 0.3) is 0 Å². The third-order valence-electron chi connectivity index (χ3n) is 2.65. The molecule has 114 valence electrons. The van der Waals surface area contributed by atoms with Gasteiger partial charge in [-0.2, -0.15) is 0 Å². The van der Waals surface area contributed by atoms with Gasteiger partial charge in [-0.1, -0.05) is 48.0 Å². The van der Waals surface area contributed by atoms with Crippen molar-refractivity contribution in [3.8, 4) is 5.75 Å². The largest absolute Gasteiger partial charge is 0.539 e. The number of aryl methyl sites for hydroxylation is 1. The summed E-state index contributed by atoms with van der Waals surface area (Å²) in [7, 11) is 0. The van der Waals surface area contributed by atoms with Crippen molar-refractivity contribution < 1.29 is 23.9 Å². The van der Waals surface area contributed by atoms with E-state index in [9.17, 15) is 9.59 Å². The Morgan fingerprint density at radius 1 is 1.00 bits per heavy atom. The molecule has 1 N–H and O–H groups in total. The normalized spacial score (nSPS) is 9.68. The highest BCUT2D eigenvalue weighted by Gasteiger charge is 2.10. The number of carbonyl (C=O) groups is 2. The lowest BCUT2D eigenvalue weighted by atomic mass is 10.2. The molecule has 0 aromatic heterocycles. The summed E-state index contributed by atoms with van der Waals surface area (Å²) < 4.78 is 9.71. The molecule has 0 saturated carbocycles. The smallest absolute Gasteiger partial charge is 0.443 e. The molecule has 2 aromatic rings. The van der Waals surface area contributed by atoms with Crippen LogP contribution >= 0.6 is 0 Å². The van der Waals surface area contributed by atoms with Crippen LogP contribution < -0.4 is 10.2 Å². The van der Waals surface area contributed by atoms with Gasteiger partial charge in [0.15, 0.2) is 0 Å². The summed E-state index contributed by atoms with van der Waals surface area (Å²) in [6.07, 6.45) is -1.94. The monoisotopic (exact) mass is 301 g/mol. The molecule has 6 nitrogen and oxygen atoms in total. The molecule has 0 saturated heterocycles. The number of nitrogens with one attached hydrogen (secondary N) is 1. The van der Waals surface area contributed by atoms with E-state index in [4.69, 9.17) is 9.47 Å². The summed E-state index contributed by atoms with van der Waals surface area (Å²) in [6, 6.07) is 15.9. The second-order valence-electron chi connectivity index (χ2n) is 4.43. The predicted molar refractivity (Wildman–Crippen MR) is 78.1 cm³/mol. The molecule has 6 heteroatoms. The molecule has 0 heterocycles. The number of rotatable bonds is 3. The maximum Gasteiger partial charge on any atom is 0.539 e. The van der Waals surface area contributed by atoms with Crippen LogP contribution in [-0.4, -0.2) is 12.2 Å². The van der Waals surface area contributed by atoms with Crippen LogP contribution in [0.4, 0.5) is 9.59 Å². The number of benzene rings is 2. The van der Waals surface area contributed by atoms with E-state index < -0.39 is 12.2 Å². The zero-order valence-electron chi connectivity index (χ0n) is 11.9. The summed E-state index contributed by atoms with van der Waals surface area (Å²) >= 11 is 0. The maximum absolute atomic E-state index is 11.4. The topological polar surface area (TPSA) is 73.9 Å². The Balaban J connectivity index is 1.69. The fourth-order valence-electron chi connectivity index (χ4n) is 1.56. The number of hydroxylamine groups is 1. The van der Waals surface area contributed by atoms with Gasteiger partial charge in [0, 0.05) is 0 Å².